The Morgan fingerprint density at radius 1 is 1.47 bits per heavy atom. The van der Waals surface area contributed by atoms with Crippen LogP contribution in [0.1, 0.15) is 36.1 Å². The Balaban J connectivity index is 2.33. The van der Waals surface area contributed by atoms with Gasteiger partial charge in [-0.1, -0.05) is 6.92 Å². The molecule has 0 unspecified atom stereocenters. The molecule has 0 spiro atoms. The van der Waals surface area contributed by atoms with E-state index in [1.807, 2.05) is 13.0 Å². The van der Waals surface area contributed by atoms with Crippen LogP contribution in [0, 0.1) is 0 Å². The number of hydrogen-bond acceptors (Lipinski definition) is 3. The highest BCUT2D eigenvalue weighted by Gasteiger charge is 2.09. The SMILES string of the molecule is CCc1ccc(C(=O)NCCCCN)o1. The van der Waals surface area contributed by atoms with E-state index in [1.165, 1.54) is 0 Å². The van der Waals surface area contributed by atoms with Gasteiger partial charge in [-0.05, 0) is 31.5 Å². The molecule has 0 aliphatic rings. The van der Waals surface area contributed by atoms with Gasteiger partial charge in [-0.2, -0.15) is 0 Å². The number of furan rings is 1. The lowest BCUT2D eigenvalue weighted by molar-refractivity contribution is 0.0923. The molecule has 1 heterocycles. The van der Waals surface area contributed by atoms with Gasteiger partial charge in [-0.15, -0.1) is 0 Å². The molecule has 0 aliphatic heterocycles. The molecule has 15 heavy (non-hydrogen) atoms. The Hall–Kier alpha value is -1.29. The maximum atomic E-state index is 11.5. The molecule has 1 rings (SSSR count). The summed E-state index contributed by atoms with van der Waals surface area (Å²) >= 11 is 0. The summed E-state index contributed by atoms with van der Waals surface area (Å²) < 4.78 is 5.31. The minimum atomic E-state index is -0.147. The molecule has 3 N–H and O–H groups in total. The number of hydrogen-bond donors (Lipinski definition) is 2. The minimum absolute atomic E-state index is 0.147. The maximum absolute atomic E-state index is 11.5. The van der Waals surface area contributed by atoms with Gasteiger partial charge >= 0.3 is 0 Å². The maximum Gasteiger partial charge on any atom is 0.286 e. The van der Waals surface area contributed by atoms with Crippen molar-refractivity contribution in [2.75, 3.05) is 13.1 Å². The predicted octanol–water partition coefficient (Wildman–Crippen LogP) is 1.31. The summed E-state index contributed by atoms with van der Waals surface area (Å²) in [6.45, 7) is 3.30. The number of amides is 1. The zero-order chi connectivity index (χ0) is 11.1. The third-order valence-electron chi connectivity index (χ3n) is 2.15. The molecule has 1 aromatic rings. The first-order valence-corrected chi connectivity index (χ1v) is 5.35. The third kappa shape index (κ3) is 3.75. The number of aryl methyl sites for hydroxylation is 1. The molecule has 0 saturated heterocycles. The summed E-state index contributed by atoms with van der Waals surface area (Å²) in [4.78, 5) is 11.5. The van der Waals surface area contributed by atoms with Crippen molar-refractivity contribution in [3.05, 3.63) is 23.7 Å². The van der Waals surface area contributed by atoms with Gasteiger partial charge in [0.2, 0.25) is 0 Å². The molecule has 4 nitrogen and oxygen atoms in total. The molecule has 0 atom stereocenters. The number of nitrogens with one attached hydrogen (secondary N) is 1. The fraction of sp³-hybridized carbons (Fsp3) is 0.545. The topological polar surface area (TPSA) is 68.3 Å². The molecular formula is C11H18N2O2. The van der Waals surface area contributed by atoms with E-state index in [4.69, 9.17) is 10.2 Å². The van der Waals surface area contributed by atoms with Crippen LogP contribution >= 0.6 is 0 Å². The molecule has 0 aliphatic carbocycles. The second-order valence-electron chi connectivity index (χ2n) is 3.37. The van der Waals surface area contributed by atoms with Crippen molar-refractivity contribution < 1.29 is 9.21 Å². The summed E-state index contributed by atoms with van der Waals surface area (Å²) in [5.74, 6) is 1.08. The molecule has 1 amide bonds. The van der Waals surface area contributed by atoms with Gasteiger partial charge < -0.3 is 15.5 Å². The smallest absolute Gasteiger partial charge is 0.286 e. The first-order valence-electron chi connectivity index (χ1n) is 5.35. The number of carbonyl (C=O) groups excluding carboxylic acids is 1. The summed E-state index contributed by atoms with van der Waals surface area (Å²) in [5, 5.41) is 2.78. The van der Waals surface area contributed by atoms with E-state index < -0.39 is 0 Å². The van der Waals surface area contributed by atoms with E-state index in [9.17, 15) is 4.79 Å². The van der Waals surface area contributed by atoms with Crippen LogP contribution in [0.2, 0.25) is 0 Å². The molecule has 0 bridgehead atoms. The lowest BCUT2D eigenvalue weighted by Crippen LogP contribution is -2.24. The van der Waals surface area contributed by atoms with E-state index in [2.05, 4.69) is 5.32 Å². The average Bonchev–Trinajstić information content (AvgIpc) is 2.72. The Kier molecular flexibility index (Phi) is 4.90. The Bertz CT molecular complexity index is 307. The van der Waals surface area contributed by atoms with Gasteiger partial charge in [0.1, 0.15) is 5.76 Å². The van der Waals surface area contributed by atoms with Crippen LogP contribution < -0.4 is 11.1 Å². The number of unbranched alkanes of at least 4 members (excludes halogenated alkanes) is 1. The number of nitrogens with two attached hydrogens (primary N) is 1. The average molecular weight is 210 g/mol. The second-order valence-corrected chi connectivity index (χ2v) is 3.37. The monoisotopic (exact) mass is 210 g/mol. The van der Waals surface area contributed by atoms with E-state index >= 15 is 0 Å². The van der Waals surface area contributed by atoms with Crippen LogP contribution in [-0.4, -0.2) is 19.0 Å². The first kappa shape index (κ1) is 11.8. The van der Waals surface area contributed by atoms with E-state index in [0.717, 1.165) is 25.0 Å². The summed E-state index contributed by atoms with van der Waals surface area (Å²) in [5.41, 5.74) is 5.35. The molecule has 84 valence electrons. The van der Waals surface area contributed by atoms with Gasteiger partial charge in [-0.25, -0.2) is 0 Å². The lowest BCUT2D eigenvalue weighted by atomic mass is 10.3. The summed E-state index contributed by atoms with van der Waals surface area (Å²) in [6.07, 6.45) is 2.64. The molecule has 0 saturated carbocycles. The van der Waals surface area contributed by atoms with Crippen LogP contribution in [0.15, 0.2) is 16.5 Å². The van der Waals surface area contributed by atoms with Crippen LogP contribution in [0.25, 0.3) is 0 Å². The van der Waals surface area contributed by atoms with Crippen LogP contribution in [0.5, 0.6) is 0 Å². The van der Waals surface area contributed by atoms with E-state index in [1.54, 1.807) is 6.07 Å². The Morgan fingerprint density at radius 3 is 2.87 bits per heavy atom. The summed E-state index contributed by atoms with van der Waals surface area (Å²) in [7, 11) is 0. The van der Waals surface area contributed by atoms with E-state index in [-0.39, 0.29) is 5.91 Å². The van der Waals surface area contributed by atoms with Crippen LogP contribution in [0.3, 0.4) is 0 Å². The van der Waals surface area contributed by atoms with Crippen molar-refractivity contribution in [1.29, 1.82) is 0 Å². The van der Waals surface area contributed by atoms with Gasteiger partial charge in [0.05, 0.1) is 0 Å². The molecule has 1 aromatic heterocycles. The normalized spacial score (nSPS) is 10.3. The highest BCUT2D eigenvalue weighted by Crippen LogP contribution is 2.07. The second kappa shape index (κ2) is 6.24. The predicted molar refractivity (Wildman–Crippen MR) is 58.7 cm³/mol. The zero-order valence-corrected chi connectivity index (χ0v) is 9.08. The van der Waals surface area contributed by atoms with Gasteiger partial charge in [0.25, 0.3) is 5.91 Å². The lowest BCUT2D eigenvalue weighted by Gasteiger charge is -2.01. The number of rotatable bonds is 6. The number of carbonyl (C=O) groups is 1. The molecule has 0 fully saturated rings. The molecule has 4 heteroatoms. The molecule has 0 radical (unpaired) electrons. The van der Waals surface area contributed by atoms with Crippen LogP contribution in [0.4, 0.5) is 0 Å². The van der Waals surface area contributed by atoms with Crippen LogP contribution in [-0.2, 0) is 6.42 Å². The largest absolute Gasteiger partial charge is 0.456 e. The molecular weight excluding hydrogens is 192 g/mol. The van der Waals surface area contributed by atoms with Gasteiger partial charge in [0.15, 0.2) is 5.76 Å². The van der Waals surface area contributed by atoms with Crippen molar-refractivity contribution >= 4 is 5.91 Å². The van der Waals surface area contributed by atoms with Crippen molar-refractivity contribution in [3.63, 3.8) is 0 Å². The summed E-state index contributed by atoms with van der Waals surface area (Å²) in [6, 6.07) is 3.53. The fourth-order valence-electron chi connectivity index (χ4n) is 1.25. The third-order valence-corrected chi connectivity index (χ3v) is 2.15. The fourth-order valence-corrected chi connectivity index (χ4v) is 1.25. The quantitative estimate of drug-likeness (QED) is 0.696. The Labute approximate surface area is 89.8 Å². The van der Waals surface area contributed by atoms with Gasteiger partial charge in [-0.3, -0.25) is 4.79 Å². The van der Waals surface area contributed by atoms with Crippen molar-refractivity contribution in [2.45, 2.75) is 26.2 Å². The first-order chi connectivity index (χ1) is 7.27. The van der Waals surface area contributed by atoms with E-state index in [0.29, 0.717) is 18.8 Å². The Morgan fingerprint density at radius 2 is 2.27 bits per heavy atom. The highest BCUT2D eigenvalue weighted by molar-refractivity contribution is 5.91. The van der Waals surface area contributed by atoms with Crippen molar-refractivity contribution in [1.82, 2.24) is 5.32 Å². The van der Waals surface area contributed by atoms with Gasteiger partial charge in [0, 0.05) is 13.0 Å². The zero-order valence-electron chi connectivity index (χ0n) is 9.08. The molecule has 0 aromatic carbocycles. The minimum Gasteiger partial charge on any atom is -0.456 e. The van der Waals surface area contributed by atoms with Crippen molar-refractivity contribution in [3.8, 4) is 0 Å². The van der Waals surface area contributed by atoms with Crippen molar-refractivity contribution in [2.24, 2.45) is 5.73 Å². The standard InChI is InChI=1S/C11H18N2O2/c1-2-9-5-6-10(15-9)11(14)13-8-4-3-7-12/h5-6H,2-4,7-8,12H2,1H3,(H,13,14). The highest BCUT2D eigenvalue weighted by atomic mass is 16.3.